The number of hydrogen-bond acceptors (Lipinski definition) is 8. The molecule has 1 aliphatic heterocycles. The first-order chi connectivity index (χ1) is 18.0. The molecule has 1 saturated heterocycles. The summed E-state index contributed by atoms with van der Waals surface area (Å²) in [6, 6.07) is 8.72. The third kappa shape index (κ3) is 5.12. The standard InChI is InChI=1S/C26H28N8O3/c1-37-14-9-21(35)33-12-4-5-18(16-33)25-32-22(23-24(27)29-11-13-34(23)25)19-8-7-17(15-30-19)26(36)31-20-6-2-3-10-28-20/h2-3,6-8,10-11,13,15,18H,4-5,9,12,14,16H2,1H3,(H2,27,29)(H,28,31,36)/t18-/m1/s1. The number of likely N-dealkylation sites (tertiary alicyclic amines) is 1. The molecule has 11 nitrogen and oxygen atoms in total. The molecule has 190 valence electrons. The van der Waals surface area contributed by atoms with Crippen LogP contribution in [0.2, 0.25) is 0 Å². The van der Waals surface area contributed by atoms with Gasteiger partial charge in [0.25, 0.3) is 5.91 Å². The molecule has 5 heterocycles. The van der Waals surface area contributed by atoms with Crippen LogP contribution in [0.25, 0.3) is 16.9 Å². The summed E-state index contributed by atoms with van der Waals surface area (Å²) in [5.74, 6) is 1.40. The van der Waals surface area contributed by atoms with Gasteiger partial charge in [0, 0.05) is 50.9 Å². The van der Waals surface area contributed by atoms with E-state index in [1.54, 1.807) is 49.8 Å². The van der Waals surface area contributed by atoms with Gasteiger partial charge >= 0.3 is 0 Å². The lowest BCUT2D eigenvalue weighted by Gasteiger charge is -2.32. The number of aromatic nitrogens is 5. The van der Waals surface area contributed by atoms with E-state index in [-0.39, 0.29) is 17.7 Å². The Morgan fingerprint density at radius 1 is 1.16 bits per heavy atom. The van der Waals surface area contributed by atoms with Gasteiger partial charge in [-0.1, -0.05) is 6.07 Å². The molecule has 4 aromatic rings. The van der Waals surface area contributed by atoms with E-state index in [4.69, 9.17) is 15.5 Å². The molecule has 0 radical (unpaired) electrons. The zero-order valence-electron chi connectivity index (χ0n) is 20.5. The van der Waals surface area contributed by atoms with Crippen molar-refractivity contribution in [2.24, 2.45) is 0 Å². The first-order valence-corrected chi connectivity index (χ1v) is 12.1. The van der Waals surface area contributed by atoms with E-state index in [1.165, 1.54) is 6.20 Å². The fraction of sp³-hybridized carbons (Fsp3) is 0.308. The number of carbonyl (C=O) groups is 2. The second-order valence-corrected chi connectivity index (χ2v) is 8.87. The van der Waals surface area contributed by atoms with Gasteiger partial charge in [0.2, 0.25) is 5.91 Å². The van der Waals surface area contributed by atoms with Gasteiger partial charge < -0.3 is 20.7 Å². The number of nitrogens with two attached hydrogens (primary N) is 1. The van der Waals surface area contributed by atoms with Gasteiger partial charge in [0.15, 0.2) is 0 Å². The zero-order chi connectivity index (χ0) is 25.8. The Morgan fingerprint density at radius 2 is 2.05 bits per heavy atom. The highest BCUT2D eigenvalue weighted by atomic mass is 16.5. The maximum absolute atomic E-state index is 12.6. The van der Waals surface area contributed by atoms with Crippen LogP contribution in [0, 0.1) is 0 Å². The van der Waals surface area contributed by atoms with E-state index in [1.807, 2.05) is 15.5 Å². The smallest absolute Gasteiger partial charge is 0.258 e. The summed E-state index contributed by atoms with van der Waals surface area (Å²) in [5.41, 5.74) is 8.48. The lowest BCUT2D eigenvalue weighted by molar-refractivity contribution is -0.133. The average molecular weight is 501 g/mol. The Labute approximate surface area is 213 Å². The van der Waals surface area contributed by atoms with E-state index >= 15 is 0 Å². The SMILES string of the molecule is COCCC(=O)N1CCC[C@@H](c2nc(-c3ccc(C(=O)Nc4ccccn4)cn3)c3c(N)nccn23)C1. The number of piperidine rings is 1. The maximum atomic E-state index is 12.6. The molecule has 1 atom stereocenters. The summed E-state index contributed by atoms with van der Waals surface area (Å²) >= 11 is 0. The van der Waals surface area contributed by atoms with Crippen molar-refractivity contribution in [2.45, 2.75) is 25.2 Å². The minimum atomic E-state index is -0.310. The van der Waals surface area contributed by atoms with Crippen molar-refractivity contribution >= 4 is 29.0 Å². The number of imidazole rings is 1. The van der Waals surface area contributed by atoms with Crippen LogP contribution >= 0.6 is 0 Å². The third-order valence-electron chi connectivity index (χ3n) is 6.44. The Kier molecular flexibility index (Phi) is 7.04. The van der Waals surface area contributed by atoms with Crippen LogP contribution in [0.4, 0.5) is 11.6 Å². The number of nitrogen functional groups attached to an aromatic ring is 1. The molecule has 0 aromatic carbocycles. The topological polar surface area (TPSA) is 141 Å². The zero-order valence-corrected chi connectivity index (χ0v) is 20.5. The first-order valence-electron chi connectivity index (χ1n) is 12.1. The number of nitrogens with one attached hydrogen (secondary N) is 1. The molecule has 0 spiro atoms. The van der Waals surface area contributed by atoms with Crippen molar-refractivity contribution in [1.82, 2.24) is 29.2 Å². The van der Waals surface area contributed by atoms with Crippen molar-refractivity contribution in [1.29, 1.82) is 0 Å². The first kappa shape index (κ1) is 24.3. The van der Waals surface area contributed by atoms with Gasteiger partial charge in [-0.25, -0.2) is 15.0 Å². The molecule has 2 amide bonds. The van der Waals surface area contributed by atoms with Crippen LogP contribution in [0.15, 0.2) is 55.1 Å². The summed E-state index contributed by atoms with van der Waals surface area (Å²) in [5, 5.41) is 2.75. The van der Waals surface area contributed by atoms with E-state index < -0.39 is 0 Å². The third-order valence-corrected chi connectivity index (χ3v) is 6.44. The largest absolute Gasteiger partial charge is 0.384 e. The molecule has 1 aliphatic rings. The Morgan fingerprint density at radius 3 is 2.81 bits per heavy atom. The van der Waals surface area contributed by atoms with Gasteiger partial charge in [-0.3, -0.25) is 19.0 Å². The molecule has 0 bridgehead atoms. The molecule has 5 rings (SSSR count). The van der Waals surface area contributed by atoms with Gasteiger partial charge in [-0.15, -0.1) is 0 Å². The van der Waals surface area contributed by atoms with Crippen LogP contribution in [0.5, 0.6) is 0 Å². The summed E-state index contributed by atoms with van der Waals surface area (Å²) in [6.07, 6.45) is 8.72. The summed E-state index contributed by atoms with van der Waals surface area (Å²) < 4.78 is 7.01. The lowest BCUT2D eigenvalue weighted by atomic mass is 9.97. The molecule has 0 saturated carbocycles. The normalized spacial score (nSPS) is 15.6. The van der Waals surface area contributed by atoms with Crippen molar-refractivity contribution in [3.05, 3.63) is 66.5 Å². The quantitative estimate of drug-likeness (QED) is 0.395. The molecule has 1 fully saturated rings. The van der Waals surface area contributed by atoms with Crippen LogP contribution in [-0.2, 0) is 9.53 Å². The second-order valence-electron chi connectivity index (χ2n) is 8.87. The Balaban J connectivity index is 1.43. The number of pyridine rings is 2. The van der Waals surface area contributed by atoms with Crippen LogP contribution in [0.3, 0.4) is 0 Å². The second kappa shape index (κ2) is 10.7. The molecule has 11 heteroatoms. The predicted octanol–water partition coefficient (Wildman–Crippen LogP) is 2.76. The molecule has 4 aromatic heterocycles. The molecule has 0 aliphatic carbocycles. The van der Waals surface area contributed by atoms with Crippen LogP contribution in [-0.4, -0.2) is 67.9 Å². The average Bonchev–Trinajstić information content (AvgIpc) is 3.33. The maximum Gasteiger partial charge on any atom is 0.258 e. The summed E-state index contributed by atoms with van der Waals surface area (Å²) in [4.78, 5) is 45.0. The highest BCUT2D eigenvalue weighted by Crippen LogP contribution is 2.33. The van der Waals surface area contributed by atoms with Gasteiger partial charge in [-0.2, -0.15) is 0 Å². The van der Waals surface area contributed by atoms with E-state index in [0.29, 0.717) is 53.7 Å². The minimum absolute atomic E-state index is 0.0340. The molecule has 3 N–H and O–H groups in total. The van der Waals surface area contributed by atoms with E-state index in [9.17, 15) is 9.59 Å². The number of ether oxygens (including phenoxy) is 1. The van der Waals surface area contributed by atoms with Crippen molar-refractivity contribution in [3.8, 4) is 11.4 Å². The van der Waals surface area contributed by atoms with Crippen molar-refractivity contribution in [2.75, 3.05) is 37.9 Å². The number of nitrogens with zero attached hydrogens (tertiary/aromatic N) is 6. The Bertz CT molecular complexity index is 1400. The fourth-order valence-electron chi connectivity index (χ4n) is 4.61. The number of hydrogen-bond donors (Lipinski definition) is 2. The number of anilines is 2. The fourth-order valence-corrected chi connectivity index (χ4v) is 4.61. The molecule has 37 heavy (non-hydrogen) atoms. The van der Waals surface area contributed by atoms with Crippen molar-refractivity contribution in [3.63, 3.8) is 0 Å². The number of amides is 2. The highest BCUT2D eigenvalue weighted by molar-refractivity contribution is 6.03. The summed E-state index contributed by atoms with van der Waals surface area (Å²) in [6.45, 7) is 1.70. The van der Waals surface area contributed by atoms with E-state index in [2.05, 4.69) is 20.3 Å². The van der Waals surface area contributed by atoms with Gasteiger partial charge in [-0.05, 0) is 37.1 Å². The van der Waals surface area contributed by atoms with Gasteiger partial charge in [0.1, 0.15) is 28.7 Å². The number of methoxy groups -OCH3 is 1. The lowest BCUT2D eigenvalue weighted by Crippen LogP contribution is -2.39. The monoisotopic (exact) mass is 500 g/mol. The van der Waals surface area contributed by atoms with E-state index in [0.717, 1.165) is 25.2 Å². The molecular weight excluding hydrogens is 472 g/mol. The summed E-state index contributed by atoms with van der Waals surface area (Å²) in [7, 11) is 1.59. The van der Waals surface area contributed by atoms with Crippen LogP contribution in [0.1, 0.15) is 41.4 Å². The molecule has 0 unspecified atom stereocenters. The Hall–Kier alpha value is -4.38. The number of fused-ring (bicyclic) bond motifs is 1. The van der Waals surface area contributed by atoms with Crippen molar-refractivity contribution < 1.29 is 14.3 Å². The van der Waals surface area contributed by atoms with Crippen LogP contribution < -0.4 is 11.1 Å². The molecular formula is C26H28N8O3. The minimum Gasteiger partial charge on any atom is -0.384 e. The number of carbonyl (C=O) groups excluding carboxylic acids is 2. The number of rotatable bonds is 7. The highest BCUT2D eigenvalue weighted by Gasteiger charge is 2.29. The van der Waals surface area contributed by atoms with Gasteiger partial charge in [0.05, 0.1) is 24.3 Å². The predicted molar refractivity (Wildman–Crippen MR) is 138 cm³/mol.